The van der Waals surface area contributed by atoms with E-state index in [1.54, 1.807) is 0 Å². The summed E-state index contributed by atoms with van der Waals surface area (Å²) in [5.41, 5.74) is 0. The van der Waals surface area contributed by atoms with E-state index in [-0.39, 0.29) is 0 Å². The lowest BCUT2D eigenvalue weighted by atomic mass is 10.2. The lowest BCUT2D eigenvalue weighted by Gasteiger charge is -2.25. The average molecular weight is 240 g/mol. The fourth-order valence-corrected chi connectivity index (χ4v) is 2.54. The van der Waals surface area contributed by atoms with Crippen molar-refractivity contribution in [3.05, 3.63) is 4.77 Å². The van der Waals surface area contributed by atoms with Crippen LogP contribution in [-0.2, 0) is 0 Å². The molecule has 0 radical (unpaired) electrons. The maximum Gasteiger partial charge on any atom is 0.225 e. The molecule has 1 heterocycles. The topological polar surface area (TPSA) is 36.9 Å². The SMILES string of the molecule is CC(C)N(C)c1n[nH]c(=S)n1C1CCCC1. The van der Waals surface area contributed by atoms with Crippen LogP contribution < -0.4 is 4.90 Å². The van der Waals surface area contributed by atoms with Crippen molar-refractivity contribution >= 4 is 18.2 Å². The highest BCUT2D eigenvalue weighted by Crippen LogP contribution is 2.32. The Bertz CT molecular complexity index is 400. The third-order valence-corrected chi connectivity index (χ3v) is 3.75. The van der Waals surface area contributed by atoms with Crippen LogP contribution in [0.15, 0.2) is 0 Å². The Labute approximate surface area is 102 Å². The van der Waals surface area contributed by atoms with Crippen molar-refractivity contribution in [1.29, 1.82) is 0 Å². The van der Waals surface area contributed by atoms with E-state index >= 15 is 0 Å². The fourth-order valence-electron chi connectivity index (χ4n) is 2.27. The van der Waals surface area contributed by atoms with Gasteiger partial charge in [-0.05, 0) is 38.9 Å². The summed E-state index contributed by atoms with van der Waals surface area (Å²) in [6, 6.07) is 0.979. The predicted molar refractivity (Wildman–Crippen MR) is 68.5 cm³/mol. The highest BCUT2D eigenvalue weighted by atomic mass is 32.1. The minimum Gasteiger partial charge on any atom is -0.342 e. The minimum atomic E-state index is 0.436. The lowest BCUT2D eigenvalue weighted by Crippen LogP contribution is -2.29. The Kier molecular flexibility index (Phi) is 3.33. The molecule has 1 saturated carbocycles. The first kappa shape index (κ1) is 11.6. The summed E-state index contributed by atoms with van der Waals surface area (Å²) in [7, 11) is 2.07. The second-order valence-electron chi connectivity index (χ2n) is 4.84. The van der Waals surface area contributed by atoms with E-state index in [0.717, 1.165) is 10.7 Å². The van der Waals surface area contributed by atoms with Crippen LogP contribution in [0.3, 0.4) is 0 Å². The summed E-state index contributed by atoms with van der Waals surface area (Å²) in [4.78, 5) is 2.17. The van der Waals surface area contributed by atoms with E-state index in [0.29, 0.717) is 12.1 Å². The molecule has 0 aliphatic heterocycles. The molecule has 1 aliphatic rings. The number of anilines is 1. The molecule has 1 aromatic heterocycles. The van der Waals surface area contributed by atoms with E-state index in [4.69, 9.17) is 12.2 Å². The van der Waals surface area contributed by atoms with Gasteiger partial charge in [0.2, 0.25) is 5.95 Å². The van der Waals surface area contributed by atoms with E-state index in [1.807, 2.05) is 0 Å². The highest BCUT2D eigenvalue weighted by Gasteiger charge is 2.23. The van der Waals surface area contributed by atoms with Crippen molar-refractivity contribution in [3.63, 3.8) is 0 Å². The Hall–Kier alpha value is -0.840. The van der Waals surface area contributed by atoms with Gasteiger partial charge in [0.25, 0.3) is 0 Å². The molecule has 1 aromatic rings. The molecular weight excluding hydrogens is 220 g/mol. The molecule has 1 N–H and O–H groups in total. The van der Waals surface area contributed by atoms with Crippen LogP contribution in [0.2, 0.25) is 0 Å². The van der Waals surface area contributed by atoms with Crippen LogP contribution in [-0.4, -0.2) is 27.9 Å². The van der Waals surface area contributed by atoms with Crippen LogP contribution in [0.1, 0.15) is 45.6 Å². The number of aromatic amines is 1. The second kappa shape index (κ2) is 4.57. The second-order valence-corrected chi connectivity index (χ2v) is 5.23. The molecule has 16 heavy (non-hydrogen) atoms. The van der Waals surface area contributed by atoms with Crippen LogP contribution >= 0.6 is 12.2 Å². The molecule has 0 spiro atoms. The van der Waals surface area contributed by atoms with Gasteiger partial charge in [0.05, 0.1) is 0 Å². The zero-order valence-corrected chi connectivity index (χ0v) is 11.0. The van der Waals surface area contributed by atoms with Crippen molar-refractivity contribution in [2.24, 2.45) is 0 Å². The molecule has 0 aromatic carbocycles. The molecule has 5 heteroatoms. The summed E-state index contributed by atoms with van der Waals surface area (Å²) < 4.78 is 2.96. The number of H-pyrrole nitrogens is 1. The van der Waals surface area contributed by atoms with Crippen LogP contribution in [0.4, 0.5) is 5.95 Å². The molecule has 0 amide bonds. The smallest absolute Gasteiger partial charge is 0.225 e. The average Bonchev–Trinajstić information content (AvgIpc) is 2.84. The van der Waals surface area contributed by atoms with Gasteiger partial charge >= 0.3 is 0 Å². The zero-order valence-electron chi connectivity index (χ0n) is 10.2. The summed E-state index contributed by atoms with van der Waals surface area (Å²) >= 11 is 5.33. The zero-order chi connectivity index (χ0) is 11.7. The number of nitrogens with one attached hydrogen (secondary N) is 1. The first-order valence-electron chi connectivity index (χ1n) is 6.01. The van der Waals surface area contributed by atoms with E-state index in [1.165, 1.54) is 25.7 Å². The number of hydrogen-bond acceptors (Lipinski definition) is 3. The van der Waals surface area contributed by atoms with Crippen molar-refractivity contribution < 1.29 is 0 Å². The molecule has 2 rings (SSSR count). The number of nitrogens with zero attached hydrogens (tertiary/aromatic N) is 3. The molecular formula is C11H20N4S. The summed E-state index contributed by atoms with van der Waals surface area (Å²) in [5, 5.41) is 7.28. The Morgan fingerprint density at radius 3 is 2.62 bits per heavy atom. The Balaban J connectivity index is 2.35. The van der Waals surface area contributed by atoms with Crippen LogP contribution in [0.25, 0.3) is 0 Å². The van der Waals surface area contributed by atoms with E-state index < -0.39 is 0 Å². The van der Waals surface area contributed by atoms with Crippen molar-refractivity contribution in [1.82, 2.24) is 14.8 Å². The minimum absolute atomic E-state index is 0.436. The quantitative estimate of drug-likeness (QED) is 0.825. The molecule has 4 nitrogen and oxygen atoms in total. The van der Waals surface area contributed by atoms with Gasteiger partial charge in [-0.25, -0.2) is 5.10 Å². The van der Waals surface area contributed by atoms with Gasteiger partial charge in [-0.3, -0.25) is 4.57 Å². The van der Waals surface area contributed by atoms with Crippen LogP contribution in [0, 0.1) is 4.77 Å². The Morgan fingerprint density at radius 2 is 2.06 bits per heavy atom. The molecule has 0 atom stereocenters. The largest absolute Gasteiger partial charge is 0.342 e. The van der Waals surface area contributed by atoms with Gasteiger partial charge in [-0.2, -0.15) is 0 Å². The summed E-state index contributed by atoms with van der Waals surface area (Å²) in [6.07, 6.45) is 5.07. The standard InChI is InChI=1S/C11H20N4S/c1-8(2)14(3)10-12-13-11(16)15(10)9-6-4-5-7-9/h8-9H,4-7H2,1-3H3,(H,13,16). The summed E-state index contributed by atoms with van der Waals surface area (Å²) in [6.45, 7) is 4.33. The molecule has 0 unspecified atom stereocenters. The molecule has 1 fully saturated rings. The number of hydrogen-bond donors (Lipinski definition) is 1. The maximum absolute atomic E-state index is 5.33. The first-order valence-corrected chi connectivity index (χ1v) is 6.42. The van der Waals surface area contributed by atoms with E-state index in [9.17, 15) is 0 Å². The van der Waals surface area contributed by atoms with Gasteiger partial charge in [-0.1, -0.05) is 12.8 Å². The molecule has 0 saturated heterocycles. The molecule has 90 valence electrons. The maximum atomic E-state index is 5.33. The third kappa shape index (κ3) is 2.00. The Morgan fingerprint density at radius 1 is 1.44 bits per heavy atom. The van der Waals surface area contributed by atoms with Crippen molar-refractivity contribution in [3.8, 4) is 0 Å². The fraction of sp³-hybridized carbons (Fsp3) is 0.818. The molecule has 0 bridgehead atoms. The number of rotatable bonds is 3. The number of aromatic nitrogens is 3. The van der Waals surface area contributed by atoms with Gasteiger partial charge in [0.15, 0.2) is 4.77 Å². The summed E-state index contributed by atoms with van der Waals surface area (Å²) in [5.74, 6) is 0.979. The van der Waals surface area contributed by atoms with E-state index in [2.05, 4.69) is 40.6 Å². The van der Waals surface area contributed by atoms with Crippen molar-refractivity contribution in [2.45, 2.75) is 51.6 Å². The van der Waals surface area contributed by atoms with Gasteiger partial charge in [-0.15, -0.1) is 5.10 Å². The normalized spacial score (nSPS) is 17.2. The third-order valence-electron chi connectivity index (χ3n) is 3.47. The van der Waals surface area contributed by atoms with Gasteiger partial charge in [0, 0.05) is 19.1 Å². The highest BCUT2D eigenvalue weighted by molar-refractivity contribution is 7.71. The lowest BCUT2D eigenvalue weighted by molar-refractivity contribution is 0.504. The first-order chi connectivity index (χ1) is 7.61. The van der Waals surface area contributed by atoms with Crippen molar-refractivity contribution in [2.75, 3.05) is 11.9 Å². The van der Waals surface area contributed by atoms with Gasteiger partial charge < -0.3 is 4.90 Å². The molecule has 1 aliphatic carbocycles. The predicted octanol–water partition coefficient (Wildman–Crippen LogP) is 2.90. The van der Waals surface area contributed by atoms with Gasteiger partial charge in [0.1, 0.15) is 0 Å². The van der Waals surface area contributed by atoms with Crippen LogP contribution in [0.5, 0.6) is 0 Å². The monoisotopic (exact) mass is 240 g/mol.